The normalized spacial score (nSPS) is 38.4. The third kappa shape index (κ3) is 1.16. The van der Waals surface area contributed by atoms with E-state index in [1.54, 1.807) is 6.08 Å². The average Bonchev–Trinajstić information content (AvgIpc) is 2.42. The highest BCUT2D eigenvalue weighted by Gasteiger charge is 2.44. The van der Waals surface area contributed by atoms with Crippen molar-refractivity contribution in [3.8, 4) is 0 Å². The van der Waals surface area contributed by atoms with Crippen molar-refractivity contribution in [2.24, 2.45) is 11.3 Å². The molecule has 70 valence electrons. The van der Waals surface area contributed by atoms with Gasteiger partial charge in [-0.3, -0.25) is 4.79 Å². The van der Waals surface area contributed by atoms with E-state index in [2.05, 4.69) is 6.92 Å². The van der Waals surface area contributed by atoms with E-state index in [0.29, 0.717) is 6.42 Å². The summed E-state index contributed by atoms with van der Waals surface area (Å²) in [6, 6.07) is 0. The molecule has 0 unspecified atom stereocenters. The second-order valence-electron chi connectivity index (χ2n) is 4.33. The number of hydrogen-bond donors (Lipinski definition) is 0. The monoisotopic (exact) mass is 178 g/mol. The predicted molar refractivity (Wildman–Crippen MR) is 49.2 cm³/mol. The molecular weight excluding hydrogens is 164 g/mol. The molecule has 0 aromatic heterocycles. The summed E-state index contributed by atoms with van der Waals surface area (Å²) in [5.41, 5.74) is 1.22. The fraction of sp³-hybridized carbons (Fsp3) is 0.636. The molecule has 2 nitrogen and oxygen atoms in total. The maximum Gasteiger partial charge on any atom is 0.155 e. The first-order valence-electron chi connectivity index (χ1n) is 4.86. The van der Waals surface area contributed by atoms with Gasteiger partial charge in [-0.15, -0.1) is 0 Å². The second-order valence-corrected chi connectivity index (χ2v) is 4.33. The van der Waals surface area contributed by atoms with Crippen LogP contribution >= 0.6 is 0 Å². The minimum absolute atomic E-state index is 0.00958. The zero-order chi connectivity index (χ0) is 9.47. The molecule has 0 amide bonds. The molecule has 2 rings (SSSR count). The van der Waals surface area contributed by atoms with Gasteiger partial charge in [0.15, 0.2) is 5.78 Å². The Morgan fingerprint density at radius 3 is 3.00 bits per heavy atom. The molecule has 0 bridgehead atoms. The van der Waals surface area contributed by atoms with Gasteiger partial charge >= 0.3 is 0 Å². The van der Waals surface area contributed by atoms with E-state index in [1.807, 2.05) is 0 Å². The fourth-order valence-electron chi connectivity index (χ4n) is 2.60. The Morgan fingerprint density at radius 1 is 1.54 bits per heavy atom. The van der Waals surface area contributed by atoms with Crippen LogP contribution in [-0.4, -0.2) is 12.1 Å². The van der Waals surface area contributed by atoms with Crippen LogP contribution in [0.5, 0.6) is 0 Å². The zero-order valence-electron chi connectivity index (χ0n) is 7.88. The highest BCUT2D eigenvalue weighted by Crippen LogP contribution is 2.51. The van der Waals surface area contributed by atoms with Gasteiger partial charge in [-0.05, 0) is 30.8 Å². The van der Waals surface area contributed by atoms with Crippen molar-refractivity contribution in [2.45, 2.75) is 32.6 Å². The van der Waals surface area contributed by atoms with Crippen molar-refractivity contribution < 1.29 is 9.59 Å². The summed E-state index contributed by atoms with van der Waals surface area (Å²) in [5.74, 6) is 0.380. The SMILES string of the molecule is C[C@]12CCC(=O)C=C1CC[C@@H]2C=O. The van der Waals surface area contributed by atoms with Crippen LogP contribution < -0.4 is 0 Å². The Bertz CT molecular complexity index is 290. The van der Waals surface area contributed by atoms with E-state index in [1.165, 1.54) is 5.57 Å². The zero-order valence-corrected chi connectivity index (χ0v) is 7.88. The third-order valence-corrected chi connectivity index (χ3v) is 3.67. The van der Waals surface area contributed by atoms with Gasteiger partial charge < -0.3 is 4.79 Å². The third-order valence-electron chi connectivity index (χ3n) is 3.67. The highest BCUT2D eigenvalue weighted by molar-refractivity contribution is 5.92. The molecular formula is C11H14O2. The van der Waals surface area contributed by atoms with E-state index in [0.717, 1.165) is 25.5 Å². The van der Waals surface area contributed by atoms with Crippen molar-refractivity contribution in [3.05, 3.63) is 11.6 Å². The van der Waals surface area contributed by atoms with E-state index in [-0.39, 0.29) is 17.1 Å². The molecule has 2 heteroatoms. The molecule has 0 N–H and O–H groups in total. The molecule has 0 heterocycles. The Hall–Kier alpha value is -0.920. The Morgan fingerprint density at radius 2 is 2.31 bits per heavy atom. The quantitative estimate of drug-likeness (QED) is 0.574. The smallest absolute Gasteiger partial charge is 0.155 e. The number of ketones is 1. The highest BCUT2D eigenvalue weighted by atomic mass is 16.1. The summed E-state index contributed by atoms with van der Waals surface area (Å²) >= 11 is 0. The van der Waals surface area contributed by atoms with Gasteiger partial charge in [-0.1, -0.05) is 12.5 Å². The van der Waals surface area contributed by atoms with Gasteiger partial charge in [0, 0.05) is 12.3 Å². The molecule has 0 aromatic carbocycles. The predicted octanol–water partition coefficient (Wildman–Crippen LogP) is 1.89. The Labute approximate surface area is 78.0 Å². The molecule has 2 aliphatic rings. The standard InChI is InChI=1S/C11H14O2/c1-11-5-4-10(13)6-8(11)2-3-9(11)7-12/h6-7,9H,2-5H2,1H3/t9-,11+/m1/s1. The van der Waals surface area contributed by atoms with Crippen molar-refractivity contribution >= 4 is 12.1 Å². The number of aldehydes is 1. The van der Waals surface area contributed by atoms with Gasteiger partial charge in [0.25, 0.3) is 0 Å². The lowest BCUT2D eigenvalue weighted by Gasteiger charge is -2.32. The van der Waals surface area contributed by atoms with E-state index >= 15 is 0 Å². The van der Waals surface area contributed by atoms with Crippen LogP contribution in [0.15, 0.2) is 11.6 Å². The van der Waals surface area contributed by atoms with Crippen LogP contribution in [0.25, 0.3) is 0 Å². The van der Waals surface area contributed by atoms with Crippen LogP contribution in [0.1, 0.15) is 32.6 Å². The minimum atomic E-state index is 0.00958. The minimum Gasteiger partial charge on any atom is -0.303 e. The van der Waals surface area contributed by atoms with E-state index in [9.17, 15) is 9.59 Å². The first-order chi connectivity index (χ1) is 6.16. The van der Waals surface area contributed by atoms with Crippen LogP contribution in [0.3, 0.4) is 0 Å². The summed E-state index contributed by atoms with van der Waals surface area (Å²) < 4.78 is 0. The average molecular weight is 178 g/mol. The lowest BCUT2D eigenvalue weighted by molar-refractivity contribution is -0.118. The molecule has 2 atom stereocenters. The number of rotatable bonds is 1. The van der Waals surface area contributed by atoms with Gasteiger partial charge in [-0.25, -0.2) is 0 Å². The lowest BCUT2D eigenvalue weighted by atomic mass is 9.71. The number of carbonyl (C=O) groups is 2. The molecule has 0 saturated heterocycles. The molecule has 0 aromatic rings. The molecule has 2 aliphatic carbocycles. The van der Waals surface area contributed by atoms with Gasteiger partial charge in [-0.2, -0.15) is 0 Å². The summed E-state index contributed by atoms with van der Waals surface area (Å²) in [7, 11) is 0. The van der Waals surface area contributed by atoms with Crippen LogP contribution in [0, 0.1) is 11.3 Å². The lowest BCUT2D eigenvalue weighted by Crippen LogP contribution is -2.28. The topological polar surface area (TPSA) is 34.1 Å². The number of fused-ring (bicyclic) bond motifs is 1. The van der Waals surface area contributed by atoms with E-state index in [4.69, 9.17) is 0 Å². The fourth-order valence-corrected chi connectivity index (χ4v) is 2.60. The number of allylic oxidation sites excluding steroid dienone is 2. The molecule has 0 radical (unpaired) electrons. The van der Waals surface area contributed by atoms with Crippen molar-refractivity contribution in [3.63, 3.8) is 0 Å². The summed E-state index contributed by atoms with van der Waals surface area (Å²) in [6.45, 7) is 2.12. The first kappa shape index (κ1) is 8.67. The molecule has 1 saturated carbocycles. The Kier molecular flexibility index (Phi) is 1.86. The summed E-state index contributed by atoms with van der Waals surface area (Å²) in [5, 5.41) is 0. The largest absolute Gasteiger partial charge is 0.303 e. The summed E-state index contributed by atoms with van der Waals surface area (Å²) in [4.78, 5) is 22.0. The molecule has 1 fully saturated rings. The van der Waals surface area contributed by atoms with Crippen LogP contribution in [0.2, 0.25) is 0 Å². The van der Waals surface area contributed by atoms with Crippen LogP contribution in [0.4, 0.5) is 0 Å². The maximum atomic E-state index is 11.2. The molecule has 0 spiro atoms. The molecule has 0 aliphatic heterocycles. The van der Waals surface area contributed by atoms with E-state index < -0.39 is 0 Å². The van der Waals surface area contributed by atoms with Gasteiger partial charge in [0.2, 0.25) is 0 Å². The number of hydrogen-bond acceptors (Lipinski definition) is 2. The maximum absolute atomic E-state index is 11.2. The van der Waals surface area contributed by atoms with Crippen molar-refractivity contribution in [2.75, 3.05) is 0 Å². The second kappa shape index (κ2) is 2.79. The van der Waals surface area contributed by atoms with Crippen molar-refractivity contribution in [1.29, 1.82) is 0 Å². The number of carbonyl (C=O) groups excluding carboxylic acids is 2. The Balaban J connectivity index is 2.37. The van der Waals surface area contributed by atoms with Crippen LogP contribution in [-0.2, 0) is 9.59 Å². The van der Waals surface area contributed by atoms with Gasteiger partial charge in [0.05, 0.1) is 0 Å². The first-order valence-corrected chi connectivity index (χ1v) is 4.86. The molecule has 13 heavy (non-hydrogen) atoms. The summed E-state index contributed by atoms with van der Waals surface area (Å²) in [6.07, 6.45) is 6.18. The van der Waals surface area contributed by atoms with Crippen molar-refractivity contribution in [1.82, 2.24) is 0 Å². The van der Waals surface area contributed by atoms with Gasteiger partial charge in [0.1, 0.15) is 6.29 Å².